The van der Waals surface area contributed by atoms with Gasteiger partial charge >= 0.3 is 24.4 Å². The topological polar surface area (TPSA) is 288 Å². The lowest BCUT2D eigenvalue weighted by atomic mass is 9.84. The molecule has 4 aromatic carbocycles. The predicted octanol–water partition coefficient (Wildman–Crippen LogP) is 24.5. The zero-order valence-corrected chi connectivity index (χ0v) is 74.9. The fourth-order valence-corrected chi connectivity index (χ4v) is 15.6. The molecule has 2 heterocycles. The third kappa shape index (κ3) is 41.2. The zero-order valence-electron chi connectivity index (χ0n) is 68.6. The molecule has 6 aromatic rings. The fraction of sp³-hybridized carbons (Fsp3) is 0.575. The van der Waals surface area contributed by atoms with E-state index in [1.807, 2.05) is 138 Å². The summed E-state index contributed by atoms with van der Waals surface area (Å²) in [5, 5.41) is 24.8. The maximum Gasteiger partial charge on any atom is 0.408 e. The number of ether oxygens (including phenoxy) is 4. The van der Waals surface area contributed by atoms with Gasteiger partial charge in [-0.05, 0) is 212 Å². The molecule has 2 aromatic heterocycles. The van der Waals surface area contributed by atoms with Gasteiger partial charge in [0.25, 0.3) is 0 Å². The highest BCUT2D eigenvalue weighted by Gasteiger charge is 2.31. The molecule has 4 fully saturated rings. The number of amides is 4. The predicted molar refractivity (Wildman–Crippen MR) is 471 cm³/mol. The molecule has 26 heteroatoms. The second-order valence-electron chi connectivity index (χ2n) is 33.8. The number of carbonyl (C=O) groups excluding carboxylic acids is 5. The maximum absolute atomic E-state index is 12.4. The highest BCUT2D eigenvalue weighted by Crippen LogP contribution is 2.37. The Morgan fingerprint density at radius 2 is 0.850 bits per heavy atom. The number of halogens is 5. The SMILES string of the molecule is CC(C)(C)OC(=O)N[C@H](CC1CCCCC1)C(=O)CBr.CC(C)(C)OC(=O)N[C@H](CC1CCCCC1)c1cnc(-c2ccc(Cl)cc2)[nH]1.CC(C)(C)OC(=O)N[C@H](CC1CCCCC1)c1csc(-c2ccc(Cl)cc2)n1.C[C@@H](CC1CCCCC1)NC(=O)OC(C)(C)C.N=C(N)c1ccc(Cl)cc1.NC(=S)c1ccc(Cl)cc1. The third-order valence-corrected chi connectivity index (χ3v) is 21.7. The number of H-pyrrole nitrogens is 1. The van der Waals surface area contributed by atoms with Crippen LogP contribution in [-0.2, 0) is 23.7 Å². The van der Waals surface area contributed by atoms with Crippen molar-refractivity contribution in [1.29, 1.82) is 5.41 Å². The van der Waals surface area contributed by atoms with Crippen molar-refractivity contribution in [3.8, 4) is 22.0 Å². The number of ketones is 1. The summed E-state index contributed by atoms with van der Waals surface area (Å²) in [5.41, 5.74) is 13.9. The molecule has 4 saturated carbocycles. The number of carbonyl (C=O) groups is 5. The van der Waals surface area contributed by atoms with Crippen LogP contribution in [0.1, 0.15) is 279 Å². The Morgan fingerprint density at radius 3 is 1.24 bits per heavy atom. The standard InChI is InChI=1S/C22H30ClN3O2.C22H29ClN2O2S.C15H26BrNO3.C14H27NO2.C7H7ClN2.C7H6ClNS/c1-22(2,3)28-21(27)26-18(13-15-7-5-4-6-8-15)19-14-24-20(25-19)16-9-11-17(23)12-10-16;1-22(2,3)27-21(26)25-18(13-15-7-5-4-6-8-15)19-14-28-20(24-19)16-9-11-17(23)12-10-16;1-15(2,3)20-14(19)17-12(13(18)10-16)9-11-7-5-4-6-8-11;1-11(10-12-8-6-5-7-9-12)15-13(16)17-14(2,3)4;2*8-6-3-1-5(2-4-6)7(9)10/h9-12,14-15,18H,4-8,13H2,1-3H3,(H,24,25)(H,26,27);9-12,14-15,18H,4-8,13H2,1-3H3,(H,25,26);11-12H,4-10H2,1-3H3,(H,17,19);11-12H,5-10H2,1-4H3,(H,15,16);1-4H,(H3,9,10);1-4H,(H2,9,10)/t2*18-;12-;11-;;/m1110../s1. The largest absolute Gasteiger partial charge is 0.444 e. The Labute approximate surface area is 710 Å². The van der Waals surface area contributed by atoms with E-state index in [-0.39, 0.29) is 47.3 Å². The van der Waals surface area contributed by atoms with Gasteiger partial charge < -0.3 is 56.7 Å². The van der Waals surface area contributed by atoms with E-state index in [1.165, 1.54) is 116 Å². The summed E-state index contributed by atoms with van der Waals surface area (Å²) in [5.74, 6) is 3.40. The highest BCUT2D eigenvalue weighted by atomic mass is 79.9. The lowest BCUT2D eigenvalue weighted by molar-refractivity contribution is -0.119. The van der Waals surface area contributed by atoms with Crippen molar-refractivity contribution in [2.75, 3.05) is 5.33 Å². The number of hydrogen-bond donors (Lipinski definition) is 8. The van der Waals surface area contributed by atoms with Crippen molar-refractivity contribution in [3.63, 3.8) is 0 Å². The molecule has 4 aliphatic rings. The van der Waals surface area contributed by atoms with E-state index in [2.05, 4.69) is 59.5 Å². The van der Waals surface area contributed by atoms with E-state index in [9.17, 15) is 24.0 Å². The molecular weight excluding hydrogens is 1610 g/mol. The quantitative estimate of drug-likeness (QED) is 0.0116. The van der Waals surface area contributed by atoms with Gasteiger partial charge in [0.05, 0.1) is 41.0 Å². The van der Waals surface area contributed by atoms with E-state index in [0.29, 0.717) is 48.4 Å². The maximum atomic E-state index is 12.4. The minimum atomic E-state index is -0.545. The van der Waals surface area contributed by atoms with E-state index in [1.54, 1.807) is 59.9 Å². The van der Waals surface area contributed by atoms with E-state index in [0.717, 1.165) is 83.4 Å². The Kier molecular flexibility index (Phi) is 42.0. The number of thiocarbonyl (C=S) groups is 1. The first kappa shape index (κ1) is 97.1. The average Bonchev–Trinajstić information content (AvgIpc) is 1.73. The van der Waals surface area contributed by atoms with Crippen molar-refractivity contribution < 1.29 is 42.9 Å². The van der Waals surface area contributed by atoms with Crippen LogP contribution in [0.4, 0.5) is 19.2 Å². The van der Waals surface area contributed by atoms with Gasteiger partial charge in [-0.25, -0.2) is 29.1 Å². The van der Waals surface area contributed by atoms with Crippen molar-refractivity contribution in [2.45, 2.75) is 291 Å². The minimum Gasteiger partial charge on any atom is -0.444 e. The number of aromatic nitrogens is 3. The summed E-state index contributed by atoms with van der Waals surface area (Å²) in [7, 11) is 0. The first-order chi connectivity index (χ1) is 53.2. The summed E-state index contributed by atoms with van der Waals surface area (Å²) in [6, 6.07) is 28.7. The molecule has 0 unspecified atom stereocenters. The van der Waals surface area contributed by atoms with Crippen molar-refractivity contribution in [2.24, 2.45) is 35.1 Å². The van der Waals surface area contributed by atoms with Crippen LogP contribution in [0.15, 0.2) is 109 Å². The summed E-state index contributed by atoms with van der Waals surface area (Å²) in [6.45, 7) is 24.4. The van der Waals surface area contributed by atoms with Gasteiger partial charge in [0.15, 0.2) is 5.78 Å². The van der Waals surface area contributed by atoms with Crippen LogP contribution < -0.4 is 32.7 Å². The Morgan fingerprint density at radius 1 is 0.504 bits per heavy atom. The van der Waals surface area contributed by atoms with Crippen LogP contribution in [0.25, 0.3) is 22.0 Å². The molecule has 10 rings (SSSR count). The molecule has 4 atom stereocenters. The Hall–Kier alpha value is -6.53. The Balaban J connectivity index is 0.000000252. The number of nitrogens with one attached hydrogen (secondary N) is 6. The molecule has 0 radical (unpaired) electrons. The molecule has 0 aliphatic heterocycles. The van der Waals surface area contributed by atoms with E-state index >= 15 is 0 Å². The van der Waals surface area contributed by atoms with Gasteiger partial charge in [-0.2, -0.15) is 0 Å². The van der Waals surface area contributed by atoms with Crippen LogP contribution in [0, 0.1) is 29.1 Å². The molecule has 0 spiro atoms. The first-order valence-electron chi connectivity index (χ1n) is 39.9. The first-order valence-corrected chi connectivity index (χ1v) is 43.8. The average molecular weight is 1740 g/mol. The van der Waals surface area contributed by atoms with Crippen LogP contribution in [0.2, 0.25) is 20.1 Å². The molecular formula is C87H125BrCl4N10O9S2. The number of imidazole rings is 1. The molecule has 4 aliphatic carbocycles. The number of rotatable bonds is 20. The van der Waals surface area contributed by atoms with Crippen molar-refractivity contribution in [3.05, 3.63) is 151 Å². The monoisotopic (exact) mass is 1740 g/mol. The number of amidine groups is 1. The lowest BCUT2D eigenvalue weighted by Crippen LogP contribution is -2.45. The van der Waals surface area contributed by atoms with Gasteiger partial charge in [-0.3, -0.25) is 10.2 Å². The van der Waals surface area contributed by atoms with Gasteiger partial charge in [0.1, 0.15) is 44.1 Å². The molecule has 0 saturated heterocycles. The molecule has 624 valence electrons. The summed E-state index contributed by atoms with van der Waals surface area (Å²) < 4.78 is 21.5. The number of Topliss-reactive ketones (excluding diaryl/α,β-unsaturated/α-hetero) is 1. The smallest absolute Gasteiger partial charge is 0.408 e. The van der Waals surface area contributed by atoms with Gasteiger partial charge in [0, 0.05) is 53.8 Å². The lowest BCUT2D eigenvalue weighted by Gasteiger charge is -2.28. The zero-order chi connectivity index (χ0) is 83.5. The number of thiazole rings is 1. The van der Waals surface area contributed by atoms with Gasteiger partial charge in [-0.1, -0.05) is 227 Å². The fourth-order valence-electron chi connectivity index (χ4n) is 13.7. The minimum absolute atomic E-state index is 0.0152. The third-order valence-electron chi connectivity index (χ3n) is 19.0. The van der Waals surface area contributed by atoms with Gasteiger partial charge in [0.2, 0.25) is 0 Å². The number of benzene rings is 4. The number of nitrogen functional groups attached to an aromatic ring is 1. The summed E-state index contributed by atoms with van der Waals surface area (Å²) >= 11 is 32.7. The number of nitrogens with zero attached hydrogens (tertiary/aromatic N) is 2. The summed E-state index contributed by atoms with van der Waals surface area (Å²) in [4.78, 5) is 73.4. The molecule has 0 bridgehead atoms. The molecule has 19 nitrogen and oxygen atoms in total. The van der Waals surface area contributed by atoms with Crippen molar-refractivity contribution in [1.82, 2.24) is 36.2 Å². The Bertz CT molecular complexity index is 3650. The normalized spacial score (nSPS) is 16.1. The van der Waals surface area contributed by atoms with Crippen LogP contribution in [0.5, 0.6) is 0 Å². The van der Waals surface area contributed by atoms with Crippen LogP contribution in [-0.4, -0.2) is 95.8 Å². The highest BCUT2D eigenvalue weighted by molar-refractivity contribution is 9.09. The van der Waals surface area contributed by atoms with Crippen LogP contribution >= 0.6 is 85.9 Å². The molecule has 4 amide bonds. The van der Waals surface area contributed by atoms with E-state index in [4.69, 9.17) is 99.4 Å². The summed E-state index contributed by atoms with van der Waals surface area (Å²) in [6.07, 6.45) is 29.2. The van der Waals surface area contributed by atoms with Crippen molar-refractivity contribution >= 4 is 127 Å². The number of hydrogen-bond acceptors (Lipinski definition) is 14. The number of alkyl carbamates (subject to hydrolysis) is 4. The van der Waals surface area contributed by atoms with E-state index < -0.39 is 40.6 Å². The second-order valence-corrected chi connectivity index (χ2v) is 37.4. The van der Waals surface area contributed by atoms with Gasteiger partial charge in [-0.15, -0.1) is 11.3 Å². The number of aromatic amines is 1. The molecule has 10 N–H and O–H groups in total. The number of nitrogens with two attached hydrogens (primary N) is 2. The van der Waals surface area contributed by atoms with Crippen LogP contribution in [0.3, 0.4) is 0 Å². The number of alkyl halides is 1. The molecule has 113 heavy (non-hydrogen) atoms. The second kappa shape index (κ2) is 48.9.